The molecule has 1 spiro atoms. The Labute approximate surface area is 158 Å². The molecule has 0 aromatic heterocycles. The van der Waals surface area contributed by atoms with Crippen molar-refractivity contribution < 1.29 is 4.79 Å². The van der Waals surface area contributed by atoms with Crippen LogP contribution >= 0.6 is 24.0 Å². The van der Waals surface area contributed by atoms with Crippen LogP contribution in [0.25, 0.3) is 0 Å². The Balaban J connectivity index is 0.00000264. The highest BCUT2D eigenvalue weighted by Crippen LogP contribution is 2.47. The molecule has 0 unspecified atom stereocenters. The lowest BCUT2D eigenvalue weighted by molar-refractivity contribution is -0.128. The molecule has 2 fully saturated rings. The summed E-state index contributed by atoms with van der Waals surface area (Å²) in [6.07, 6.45) is 5.41. The van der Waals surface area contributed by atoms with Gasteiger partial charge in [-0.3, -0.25) is 9.79 Å². The van der Waals surface area contributed by atoms with E-state index in [1.165, 1.54) is 25.7 Å². The number of aliphatic imine (C=N–C) groups is 1. The largest absolute Gasteiger partial charge is 0.357 e. The number of nitrogens with one attached hydrogen (secondary N) is 2. The number of halogens is 1. The van der Waals surface area contributed by atoms with Gasteiger partial charge in [-0.25, -0.2) is 0 Å². The van der Waals surface area contributed by atoms with Gasteiger partial charge in [0.25, 0.3) is 0 Å². The second-order valence-corrected chi connectivity index (χ2v) is 7.44. The molecule has 6 heteroatoms. The average Bonchev–Trinajstić information content (AvgIpc) is 2.89. The van der Waals surface area contributed by atoms with Crippen molar-refractivity contribution in [3.8, 4) is 0 Å². The number of rotatable bonds is 5. The van der Waals surface area contributed by atoms with Crippen molar-refractivity contribution in [2.45, 2.75) is 53.4 Å². The predicted octanol–water partition coefficient (Wildman–Crippen LogP) is 2.61. The molecule has 5 nitrogen and oxygen atoms in total. The van der Waals surface area contributed by atoms with Crippen LogP contribution in [0.4, 0.5) is 0 Å². The van der Waals surface area contributed by atoms with Crippen LogP contribution in [0.15, 0.2) is 4.99 Å². The Bertz CT molecular complexity index is 432. The minimum absolute atomic E-state index is 0. The van der Waals surface area contributed by atoms with Crippen molar-refractivity contribution in [1.29, 1.82) is 0 Å². The van der Waals surface area contributed by atoms with E-state index in [9.17, 15) is 4.79 Å². The van der Waals surface area contributed by atoms with Gasteiger partial charge < -0.3 is 15.5 Å². The number of hydrogen-bond acceptors (Lipinski definition) is 2. The van der Waals surface area contributed by atoms with Gasteiger partial charge in [-0.1, -0.05) is 6.42 Å². The molecule has 2 aliphatic rings. The first-order valence-electron chi connectivity index (χ1n) is 8.74. The molecule has 0 bridgehead atoms. The van der Waals surface area contributed by atoms with Gasteiger partial charge >= 0.3 is 0 Å². The molecular formula is C17H33IN4O. The molecule has 23 heavy (non-hydrogen) atoms. The molecule has 1 heterocycles. The summed E-state index contributed by atoms with van der Waals surface area (Å²) in [5.41, 5.74) is 0.0931. The number of carbonyl (C=O) groups is 1. The van der Waals surface area contributed by atoms with Crippen LogP contribution in [-0.4, -0.2) is 49.5 Å². The summed E-state index contributed by atoms with van der Waals surface area (Å²) in [6.45, 7) is 12.2. The fourth-order valence-electron chi connectivity index (χ4n) is 3.37. The third kappa shape index (κ3) is 4.97. The van der Waals surface area contributed by atoms with Gasteiger partial charge in [0.15, 0.2) is 5.96 Å². The van der Waals surface area contributed by atoms with Crippen molar-refractivity contribution in [2.75, 3.05) is 32.7 Å². The SMILES string of the molecule is CCNC(=O)C(C)(C)CN=C(NCC)N1CCC2(CCC2)C1.I. The summed E-state index contributed by atoms with van der Waals surface area (Å²) in [5.74, 6) is 1.05. The Morgan fingerprint density at radius 2 is 1.83 bits per heavy atom. The van der Waals surface area contributed by atoms with E-state index >= 15 is 0 Å². The molecule has 1 saturated heterocycles. The zero-order valence-corrected chi connectivity index (χ0v) is 17.4. The van der Waals surface area contributed by atoms with E-state index in [1.54, 1.807) is 0 Å². The van der Waals surface area contributed by atoms with Crippen LogP contribution in [0.3, 0.4) is 0 Å². The highest BCUT2D eigenvalue weighted by Gasteiger charge is 2.43. The van der Waals surface area contributed by atoms with Gasteiger partial charge in [-0.15, -0.1) is 24.0 Å². The summed E-state index contributed by atoms with van der Waals surface area (Å²) in [4.78, 5) is 19.3. The van der Waals surface area contributed by atoms with Crippen LogP contribution in [-0.2, 0) is 4.79 Å². The highest BCUT2D eigenvalue weighted by molar-refractivity contribution is 14.0. The molecule has 1 amide bonds. The maximum absolute atomic E-state index is 12.1. The molecule has 1 aliphatic carbocycles. The Morgan fingerprint density at radius 3 is 2.30 bits per heavy atom. The molecule has 2 rings (SSSR count). The van der Waals surface area contributed by atoms with Crippen LogP contribution in [0.1, 0.15) is 53.4 Å². The minimum Gasteiger partial charge on any atom is -0.357 e. The Morgan fingerprint density at radius 1 is 1.17 bits per heavy atom. The Hall–Kier alpha value is -0.530. The molecule has 1 aliphatic heterocycles. The van der Waals surface area contributed by atoms with E-state index in [0.29, 0.717) is 18.5 Å². The summed E-state index contributed by atoms with van der Waals surface area (Å²) in [7, 11) is 0. The zero-order valence-electron chi connectivity index (χ0n) is 15.1. The molecule has 0 atom stereocenters. The van der Waals surface area contributed by atoms with E-state index in [1.807, 2.05) is 20.8 Å². The third-order valence-corrected chi connectivity index (χ3v) is 5.06. The summed E-state index contributed by atoms with van der Waals surface area (Å²) in [5, 5.41) is 6.30. The lowest BCUT2D eigenvalue weighted by Crippen LogP contribution is -2.44. The summed E-state index contributed by atoms with van der Waals surface area (Å²) in [6, 6.07) is 0. The molecular weight excluding hydrogens is 403 g/mol. The second kappa shape index (κ2) is 8.53. The van der Waals surface area contributed by atoms with E-state index < -0.39 is 5.41 Å². The monoisotopic (exact) mass is 436 g/mol. The van der Waals surface area contributed by atoms with Crippen LogP contribution in [0, 0.1) is 10.8 Å². The normalized spacial score (nSPS) is 20.0. The second-order valence-electron chi connectivity index (χ2n) is 7.44. The average molecular weight is 436 g/mol. The molecule has 1 saturated carbocycles. The van der Waals surface area contributed by atoms with E-state index in [0.717, 1.165) is 25.6 Å². The molecule has 0 aromatic rings. The quantitative estimate of drug-likeness (QED) is 0.396. The van der Waals surface area contributed by atoms with Gasteiger partial charge in [0.2, 0.25) is 5.91 Å². The van der Waals surface area contributed by atoms with Crippen molar-refractivity contribution in [3.05, 3.63) is 0 Å². The highest BCUT2D eigenvalue weighted by atomic mass is 127. The molecule has 134 valence electrons. The minimum atomic E-state index is -0.468. The van der Waals surface area contributed by atoms with E-state index in [4.69, 9.17) is 4.99 Å². The number of nitrogens with zero attached hydrogens (tertiary/aromatic N) is 2. The number of guanidine groups is 1. The molecule has 0 radical (unpaired) electrons. The number of likely N-dealkylation sites (tertiary alicyclic amines) is 1. The molecule has 2 N–H and O–H groups in total. The van der Waals surface area contributed by atoms with Crippen LogP contribution < -0.4 is 10.6 Å². The first-order valence-corrected chi connectivity index (χ1v) is 8.74. The first kappa shape index (κ1) is 20.5. The lowest BCUT2D eigenvalue weighted by atomic mass is 9.68. The van der Waals surface area contributed by atoms with Gasteiger partial charge in [-0.05, 0) is 52.4 Å². The standard InChI is InChI=1S/C17H32N4O.HI/c1-5-18-14(22)16(3,4)12-20-15(19-6-2)21-11-10-17(13-21)8-7-9-17;/h5-13H2,1-4H3,(H,18,22)(H,19,20);1H. The number of amides is 1. The van der Waals surface area contributed by atoms with Gasteiger partial charge in [0.05, 0.1) is 12.0 Å². The first-order chi connectivity index (χ1) is 10.4. The van der Waals surface area contributed by atoms with Crippen molar-refractivity contribution in [3.63, 3.8) is 0 Å². The number of carbonyl (C=O) groups excluding carboxylic acids is 1. The topological polar surface area (TPSA) is 56.7 Å². The van der Waals surface area contributed by atoms with E-state index in [-0.39, 0.29) is 29.9 Å². The lowest BCUT2D eigenvalue weighted by Gasteiger charge is -2.38. The Kier molecular flexibility index (Phi) is 7.61. The van der Waals surface area contributed by atoms with Crippen LogP contribution in [0.5, 0.6) is 0 Å². The smallest absolute Gasteiger partial charge is 0.227 e. The zero-order chi connectivity index (χ0) is 16.2. The molecule has 0 aromatic carbocycles. The summed E-state index contributed by atoms with van der Waals surface area (Å²) >= 11 is 0. The van der Waals surface area contributed by atoms with Gasteiger partial charge in [0.1, 0.15) is 0 Å². The third-order valence-electron chi connectivity index (χ3n) is 5.06. The van der Waals surface area contributed by atoms with Crippen molar-refractivity contribution in [2.24, 2.45) is 15.8 Å². The van der Waals surface area contributed by atoms with Crippen LogP contribution in [0.2, 0.25) is 0 Å². The maximum Gasteiger partial charge on any atom is 0.227 e. The van der Waals surface area contributed by atoms with E-state index in [2.05, 4.69) is 22.5 Å². The van der Waals surface area contributed by atoms with Gasteiger partial charge in [-0.2, -0.15) is 0 Å². The number of hydrogen-bond donors (Lipinski definition) is 2. The van der Waals surface area contributed by atoms with Crippen molar-refractivity contribution in [1.82, 2.24) is 15.5 Å². The summed E-state index contributed by atoms with van der Waals surface area (Å²) < 4.78 is 0. The fourth-order valence-corrected chi connectivity index (χ4v) is 3.37. The predicted molar refractivity (Wildman–Crippen MR) is 106 cm³/mol. The fraction of sp³-hybridized carbons (Fsp3) is 0.882. The van der Waals surface area contributed by atoms with Crippen molar-refractivity contribution >= 4 is 35.8 Å². The maximum atomic E-state index is 12.1. The van der Waals surface area contributed by atoms with Gasteiger partial charge in [0, 0.05) is 26.2 Å².